The molecule has 2 rings (SSSR count). The van der Waals surface area contributed by atoms with Crippen LogP contribution >= 0.6 is 0 Å². The standard InChI is InChI=1S/C21H29N3O/c1-15(2)18-6-5-7-19(16(3)4)21(18)23-13-10-20(25)24-14-17-8-11-22-12-9-17/h5-9,11-12,15-16,23H,10,13-14H2,1-4H3,(H,24,25). The SMILES string of the molecule is CC(C)c1cccc(C(C)C)c1NCCC(=O)NCc1ccncc1. The first-order chi connectivity index (χ1) is 12.0. The number of aromatic nitrogens is 1. The number of carbonyl (C=O) groups excluding carboxylic acids is 1. The highest BCUT2D eigenvalue weighted by molar-refractivity contribution is 5.76. The minimum Gasteiger partial charge on any atom is -0.384 e. The Morgan fingerprint density at radius 2 is 1.60 bits per heavy atom. The summed E-state index contributed by atoms with van der Waals surface area (Å²) in [7, 11) is 0. The summed E-state index contributed by atoms with van der Waals surface area (Å²) in [5.74, 6) is 0.945. The van der Waals surface area contributed by atoms with E-state index in [4.69, 9.17) is 0 Å². The van der Waals surface area contributed by atoms with Gasteiger partial charge in [0.15, 0.2) is 0 Å². The molecule has 0 radical (unpaired) electrons. The Hall–Kier alpha value is -2.36. The van der Waals surface area contributed by atoms with Crippen LogP contribution in [0.15, 0.2) is 42.7 Å². The van der Waals surface area contributed by atoms with Crippen molar-refractivity contribution in [2.45, 2.75) is 52.5 Å². The van der Waals surface area contributed by atoms with Gasteiger partial charge in [0.1, 0.15) is 0 Å². The number of nitrogens with one attached hydrogen (secondary N) is 2. The van der Waals surface area contributed by atoms with Gasteiger partial charge in [-0.25, -0.2) is 0 Å². The zero-order valence-corrected chi connectivity index (χ0v) is 15.7. The van der Waals surface area contributed by atoms with E-state index >= 15 is 0 Å². The van der Waals surface area contributed by atoms with E-state index in [1.54, 1.807) is 12.4 Å². The zero-order valence-electron chi connectivity index (χ0n) is 15.7. The van der Waals surface area contributed by atoms with E-state index in [0.717, 1.165) is 5.56 Å². The number of para-hydroxylation sites is 1. The van der Waals surface area contributed by atoms with Gasteiger partial charge in [0, 0.05) is 37.6 Å². The van der Waals surface area contributed by atoms with Crippen LogP contribution in [-0.2, 0) is 11.3 Å². The maximum Gasteiger partial charge on any atom is 0.222 e. The van der Waals surface area contributed by atoms with Crippen molar-refractivity contribution in [2.75, 3.05) is 11.9 Å². The Morgan fingerprint density at radius 1 is 1.00 bits per heavy atom. The monoisotopic (exact) mass is 339 g/mol. The third kappa shape index (κ3) is 5.59. The molecule has 0 bridgehead atoms. The Balaban J connectivity index is 1.91. The van der Waals surface area contributed by atoms with Crippen molar-refractivity contribution < 1.29 is 4.79 Å². The van der Waals surface area contributed by atoms with Crippen molar-refractivity contribution in [2.24, 2.45) is 0 Å². The summed E-state index contributed by atoms with van der Waals surface area (Å²) >= 11 is 0. The molecular weight excluding hydrogens is 310 g/mol. The first-order valence-electron chi connectivity index (χ1n) is 9.01. The molecule has 0 atom stereocenters. The highest BCUT2D eigenvalue weighted by Gasteiger charge is 2.13. The lowest BCUT2D eigenvalue weighted by atomic mass is 9.92. The second-order valence-electron chi connectivity index (χ2n) is 6.93. The van der Waals surface area contributed by atoms with Gasteiger partial charge in [0.2, 0.25) is 5.91 Å². The smallest absolute Gasteiger partial charge is 0.222 e. The molecule has 25 heavy (non-hydrogen) atoms. The number of anilines is 1. The molecular formula is C21H29N3O. The second kappa shape index (κ2) is 9.21. The van der Waals surface area contributed by atoms with Crippen LogP contribution in [0.4, 0.5) is 5.69 Å². The average molecular weight is 339 g/mol. The van der Waals surface area contributed by atoms with E-state index < -0.39 is 0 Å². The normalized spacial score (nSPS) is 11.0. The molecule has 0 saturated carbocycles. The first kappa shape index (κ1) is 19.0. The Bertz CT molecular complexity index is 655. The molecule has 1 aromatic heterocycles. The van der Waals surface area contributed by atoms with Crippen molar-refractivity contribution in [3.8, 4) is 0 Å². The van der Waals surface area contributed by atoms with Crippen LogP contribution in [0, 0.1) is 0 Å². The summed E-state index contributed by atoms with van der Waals surface area (Å²) in [6.07, 6.45) is 3.92. The summed E-state index contributed by atoms with van der Waals surface area (Å²) in [5.41, 5.74) is 4.87. The number of nitrogens with zero attached hydrogens (tertiary/aromatic N) is 1. The second-order valence-corrected chi connectivity index (χ2v) is 6.93. The highest BCUT2D eigenvalue weighted by atomic mass is 16.1. The number of amides is 1. The van der Waals surface area contributed by atoms with Crippen LogP contribution in [0.1, 0.15) is 62.6 Å². The largest absolute Gasteiger partial charge is 0.384 e. The van der Waals surface area contributed by atoms with Crippen molar-refractivity contribution in [3.63, 3.8) is 0 Å². The van der Waals surface area contributed by atoms with Crippen LogP contribution < -0.4 is 10.6 Å². The quantitative estimate of drug-likeness (QED) is 0.747. The minimum atomic E-state index is 0.0532. The lowest BCUT2D eigenvalue weighted by Gasteiger charge is -2.20. The van der Waals surface area contributed by atoms with Gasteiger partial charge in [-0.1, -0.05) is 45.9 Å². The van der Waals surface area contributed by atoms with Gasteiger partial charge in [-0.05, 0) is 40.7 Å². The fourth-order valence-electron chi connectivity index (χ4n) is 2.85. The maximum absolute atomic E-state index is 12.1. The number of hydrogen-bond donors (Lipinski definition) is 2. The molecule has 1 heterocycles. The number of benzene rings is 1. The fourth-order valence-corrected chi connectivity index (χ4v) is 2.85. The average Bonchev–Trinajstić information content (AvgIpc) is 2.60. The van der Waals surface area contributed by atoms with Crippen LogP contribution in [0.25, 0.3) is 0 Å². The van der Waals surface area contributed by atoms with Crippen molar-refractivity contribution in [1.29, 1.82) is 0 Å². The molecule has 0 spiro atoms. The minimum absolute atomic E-state index is 0.0532. The number of pyridine rings is 1. The van der Waals surface area contributed by atoms with Crippen molar-refractivity contribution in [1.82, 2.24) is 10.3 Å². The van der Waals surface area contributed by atoms with Crippen molar-refractivity contribution >= 4 is 11.6 Å². The lowest BCUT2D eigenvalue weighted by molar-refractivity contribution is -0.121. The zero-order chi connectivity index (χ0) is 18.2. The maximum atomic E-state index is 12.1. The van der Waals surface area contributed by atoms with Gasteiger partial charge >= 0.3 is 0 Å². The van der Waals surface area contributed by atoms with Crippen LogP contribution in [0.3, 0.4) is 0 Å². The third-order valence-corrected chi connectivity index (χ3v) is 4.27. The molecule has 0 unspecified atom stereocenters. The van der Waals surface area contributed by atoms with Gasteiger partial charge in [0.05, 0.1) is 0 Å². The molecule has 2 N–H and O–H groups in total. The summed E-state index contributed by atoms with van der Waals surface area (Å²) < 4.78 is 0. The summed E-state index contributed by atoms with van der Waals surface area (Å²) in [6.45, 7) is 9.98. The van der Waals surface area contributed by atoms with E-state index in [-0.39, 0.29) is 5.91 Å². The van der Waals surface area contributed by atoms with E-state index in [2.05, 4.69) is 61.5 Å². The van der Waals surface area contributed by atoms with Gasteiger partial charge in [0.25, 0.3) is 0 Å². The summed E-state index contributed by atoms with van der Waals surface area (Å²) in [5, 5.41) is 6.46. The Morgan fingerprint density at radius 3 is 2.16 bits per heavy atom. The number of carbonyl (C=O) groups is 1. The molecule has 1 aromatic carbocycles. The molecule has 134 valence electrons. The first-order valence-corrected chi connectivity index (χ1v) is 9.01. The van der Waals surface area contributed by atoms with E-state index in [0.29, 0.717) is 31.3 Å². The van der Waals surface area contributed by atoms with Crippen LogP contribution in [-0.4, -0.2) is 17.4 Å². The highest BCUT2D eigenvalue weighted by Crippen LogP contribution is 2.32. The van der Waals surface area contributed by atoms with Gasteiger partial charge in [-0.2, -0.15) is 0 Å². The molecule has 0 saturated heterocycles. The Labute approximate surface area is 151 Å². The van der Waals surface area contributed by atoms with Crippen molar-refractivity contribution in [3.05, 3.63) is 59.4 Å². The molecule has 2 aromatic rings. The van der Waals surface area contributed by atoms with Crippen LogP contribution in [0.2, 0.25) is 0 Å². The van der Waals surface area contributed by atoms with Gasteiger partial charge < -0.3 is 10.6 Å². The molecule has 1 amide bonds. The molecule has 4 nitrogen and oxygen atoms in total. The molecule has 0 aliphatic rings. The van der Waals surface area contributed by atoms with E-state index in [9.17, 15) is 4.79 Å². The lowest BCUT2D eigenvalue weighted by Crippen LogP contribution is -2.25. The molecule has 0 aliphatic carbocycles. The number of rotatable bonds is 8. The predicted molar refractivity (Wildman–Crippen MR) is 104 cm³/mol. The third-order valence-electron chi connectivity index (χ3n) is 4.27. The van der Waals surface area contributed by atoms with Gasteiger partial charge in [-0.3, -0.25) is 9.78 Å². The van der Waals surface area contributed by atoms with Crippen LogP contribution in [0.5, 0.6) is 0 Å². The number of hydrogen-bond acceptors (Lipinski definition) is 3. The van der Waals surface area contributed by atoms with Gasteiger partial charge in [-0.15, -0.1) is 0 Å². The molecule has 0 aliphatic heterocycles. The Kier molecular flexibility index (Phi) is 6.99. The van der Waals surface area contributed by atoms with E-state index in [1.165, 1.54) is 16.8 Å². The van der Waals surface area contributed by atoms with E-state index in [1.807, 2.05) is 12.1 Å². The summed E-state index contributed by atoms with van der Waals surface area (Å²) in [6, 6.07) is 10.3. The summed E-state index contributed by atoms with van der Waals surface area (Å²) in [4.78, 5) is 16.1. The molecule has 0 fully saturated rings. The fraction of sp³-hybridized carbons (Fsp3) is 0.429. The topological polar surface area (TPSA) is 54.0 Å². The molecule has 4 heteroatoms. The predicted octanol–water partition coefficient (Wildman–Crippen LogP) is 4.45.